The molecule has 5 heteroatoms. The second-order valence-electron chi connectivity index (χ2n) is 3.68. The Morgan fingerprint density at radius 2 is 2.36 bits per heavy atom. The van der Waals surface area contributed by atoms with Gasteiger partial charge in [-0.05, 0) is 5.92 Å². The Bertz CT molecular complexity index is 310. The monoisotopic (exact) mass is 196 g/mol. The molecule has 0 atom stereocenters. The van der Waals surface area contributed by atoms with Gasteiger partial charge in [0.1, 0.15) is 5.69 Å². The Kier molecular flexibility index (Phi) is 3.11. The molecule has 0 aromatic carbocycles. The van der Waals surface area contributed by atoms with E-state index in [2.05, 4.69) is 10.4 Å². The third-order valence-electron chi connectivity index (χ3n) is 1.85. The van der Waals surface area contributed by atoms with Crippen LogP contribution in [0.1, 0.15) is 24.3 Å². The topological polar surface area (TPSA) is 72.9 Å². The molecule has 1 amide bonds. The van der Waals surface area contributed by atoms with Crippen LogP contribution in [0.15, 0.2) is 6.20 Å². The molecule has 78 valence electrons. The van der Waals surface area contributed by atoms with Crippen molar-refractivity contribution in [3.8, 4) is 0 Å². The van der Waals surface area contributed by atoms with Crippen molar-refractivity contribution in [2.24, 2.45) is 13.0 Å². The summed E-state index contributed by atoms with van der Waals surface area (Å²) < 4.78 is 1.48. The Balaban J connectivity index is 2.70. The number of amides is 1. The highest BCUT2D eigenvalue weighted by atomic mass is 16.2. The van der Waals surface area contributed by atoms with E-state index in [1.54, 1.807) is 7.05 Å². The van der Waals surface area contributed by atoms with Crippen LogP contribution in [0.4, 0.5) is 5.69 Å². The molecule has 0 radical (unpaired) electrons. The van der Waals surface area contributed by atoms with Crippen molar-refractivity contribution in [1.29, 1.82) is 0 Å². The molecular formula is C9H16N4O. The molecule has 1 heterocycles. The number of hydrogen-bond acceptors (Lipinski definition) is 3. The van der Waals surface area contributed by atoms with E-state index in [-0.39, 0.29) is 5.91 Å². The highest BCUT2D eigenvalue weighted by Crippen LogP contribution is 2.08. The van der Waals surface area contributed by atoms with Gasteiger partial charge in [-0.3, -0.25) is 9.48 Å². The molecule has 0 aliphatic heterocycles. The van der Waals surface area contributed by atoms with Crippen LogP contribution >= 0.6 is 0 Å². The summed E-state index contributed by atoms with van der Waals surface area (Å²) in [5.74, 6) is 0.254. The predicted octanol–water partition coefficient (Wildman–Crippen LogP) is 0.388. The van der Waals surface area contributed by atoms with Crippen molar-refractivity contribution in [3.63, 3.8) is 0 Å². The number of carbonyl (C=O) groups is 1. The number of nitrogen functional groups attached to an aromatic ring is 1. The quantitative estimate of drug-likeness (QED) is 0.734. The second kappa shape index (κ2) is 4.13. The SMILES string of the molecule is CC(C)CNC(=O)c1c(N)cnn1C. The maximum atomic E-state index is 11.6. The first-order valence-electron chi connectivity index (χ1n) is 4.58. The smallest absolute Gasteiger partial charge is 0.271 e. The van der Waals surface area contributed by atoms with Gasteiger partial charge in [0.25, 0.3) is 5.91 Å². The molecule has 0 fully saturated rings. The maximum absolute atomic E-state index is 11.6. The van der Waals surface area contributed by atoms with Crippen molar-refractivity contribution in [3.05, 3.63) is 11.9 Å². The standard InChI is InChI=1S/C9H16N4O/c1-6(2)4-11-9(14)8-7(10)5-12-13(8)3/h5-6H,4,10H2,1-3H3,(H,11,14). The van der Waals surface area contributed by atoms with E-state index < -0.39 is 0 Å². The molecule has 0 saturated heterocycles. The van der Waals surface area contributed by atoms with E-state index in [0.29, 0.717) is 23.8 Å². The lowest BCUT2D eigenvalue weighted by Gasteiger charge is -2.08. The molecule has 3 N–H and O–H groups in total. The van der Waals surface area contributed by atoms with Gasteiger partial charge < -0.3 is 11.1 Å². The van der Waals surface area contributed by atoms with Gasteiger partial charge in [0.2, 0.25) is 0 Å². The van der Waals surface area contributed by atoms with E-state index in [9.17, 15) is 4.79 Å². The molecule has 14 heavy (non-hydrogen) atoms. The molecule has 1 rings (SSSR count). The Morgan fingerprint density at radius 3 is 2.79 bits per heavy atom. The summed E-state index contributed by atoms with van der Waals surface area (Å²) in [5.41, 5.74) is 6.44. The zero-order chi connectivity index (χ0) is 10.7. The van der Waals surface area contributed by atoms with Crippen molar-refractivity contribution in [2.75, 3.05) is 12.3 Å². The fourth-order valence-corrected chi connectivity index (χ4v) is 1.11. The number of rotatable bonds is 3. The lowest BCUT2D eigenvalue weighted by atomic mass is 10.2. The number of hydrogen-bond donors (Lipinski definition) is 2. The van der Waals surface area contributed by atoms with Crippen molar-refractivity contribution < 1.29 is 4.79 Å². The first kappa shape index (κ1) is 10.6. The van der Waals surface area contributed by atoms with E-state index in [1.165, 1.54) is 10.9 Å². The number of anilines is 1. The summed E-state index contributed by atoms with van der Waals surface area (Å²) in [6, 6.07) is 0. The van der Waals surface area contributed by atoms with Crippen molar-refractivity contribution in [2.45, 2.75) is 13.8 Å². The largest absolute Gasteiger partial charge is 0.396 e. The maximum Gasteiger partial charge on any atom is 0.271 e. The summed E-state index contributed by atoms with van der Waals surface area (Å²) in [5, 5.41) is 6.68. The van der Waals surface area contributed by atoms with Gasteiger partial charge in [-0.2, -0.15) is 5.10 Å². The highest BCUT2D eigenvalue weighted by Gasteiger charge is 2.14. The molecule has 1 aromatic heterocycles. The van der Waals surface area contributed by atoms with Crippen LogP contribution in [-0.4, -0.2) is 22.2 Å². The number of aromatic nitrogens is 2. The summed E-state index contributed by atoms with van der Waals surface area (Å²) in [6.45, 7) is 4.71. The van der Waals surface area contributed by atoms with Gasteiger partial charge in [0.15, 0.2) is 0 Å². The number of nitrogens with two attached hydrogens (primary N) is 1. The van der Waals surface area contributed by atoms with Crippen LogP contribution in [0, 0.1) is 5.92 Å². The average molecular weight is 196 g/mol. The van der Waals surface area contributed by atoms with Crippen LogP contribution in [0.2, 0.25) is 0 Å². The molecule has 5 nitrogen and oxygen atoms in total. The van der Waals surface area contributed by atoms with Gasteiger partial charge in [-0.1, -0.05) is 13.8 Å². The first-order chi connectivity index (χ1) is 6.52. The Hall–Kier alpha value is -1.52. The lowest BCUT2D eigenvalue weighted by Crippen LogP contribution is -2.29. The molecule has 1 aromatic rings. The van der Waals surface area contributed by atoms with E-state index in [4.69, 9.17) is 5.73 Å². The molecule has 0 unspecified atom stereocenters. The van der Waals surface area contributed by atoms with Crippen LogP contribution in [0.5, 0.6) is 0 Å². The highest BCUT2D eigenvalue weighted by molar-refractivity contribution is 5.97. The molecule has 0 saturated carbocycles. The van der Waals surface area contributed by atoms with Crippen LogP contribution < -0.4 is 11.1 Å². The van der Waals surface area contributed by atoms with E-state index in [0.717, 1.165) is 0 Å². The fraction of sp³-hybridized carbons (Fsp3) is 0.556. The summed E-state index contributed by atoms with van der Waals surface area (Å²) in [6.07, 6.45) is 1.48. The zero-order valence-corrected chi connectivity index (χ0v) is 8.74. The zero-order valence-electron chi connectivity index (χ0n) is 8.74. The Morgan fingerprint density at radius 1 is 1.71 bits per heavy atom. The summed E-state index contributed by atoms with van der Waals surface area (Å²) >= 11 is 0. The number of nitrogens with zero attached hydrogens (tertiary/aromatic N) is 2. The molecular weight excluding hydrogens is 180 g/mol. The number of aryl methyl sites for hydroxylation is 1. The Labute approximate surface area is 83.3 Å². The second-order valence-corrected chi connectivity index (χ2v) is 3.68. The predicted molar refractivity (Wildman–Crippen MR) is 54.8 cm³/mol. The van der Waals surface area contributed by atoms with Crippen molar-refractivity contribution in [1.82, 2.24) is 15.1 Å². The third-order valence-corrected chi connectivity index (χ3v) is 1.85. The molecule has 0 aliphatic rings. The minimum absolute atomic E-state index is 0.170. The molecule has 0 spiro atoms. The summed E-state index contributed by atoms with van der Waals surface area (Å²) in [4.78, 5) is 11.6. The van der Waals surface area contributed by atoms with Crippen LogP contribution in [0.3, 0.4) is 0 Å². The third kappa shape index (κ3) is 2.25. The van der Waals surface area contributed by atoms with Gasteiger partial charge in [0, 0.05) is 13.6 Å². The fourth-order valence-electron chi connectivity index (χ4n) is 1.11. The van der Waals surface area contributed by atoms with Crippen LogP contribution in [0.25, 0.3) is 0 Å². The first-order valence-corrected chi connectivity index (χ1v) is 4.58. The molecule has 0 bridgehead atoms. The van der Waals surface area contributed by atoms with Gasteiger partial charge in [-0.15, -0.1) is 0 Å². The van der Waals surface area contributed by atoms with E-state index >= 15 is 0 Å². The van der Waals surface area contributed by atoms with E-state index in [1.807, 2.05) is 13.8 Å². The average Bonchev–Trinajstić information content (AvgIpc) is 2.42. The summed E-state index contributed by atoms with van der Waals surface area (Å²) in [7, 11) is 1.70. The number of carbonyl (C=O) groups excluding carboxylic acids is 1. The lowest BCUT2D eigenvalue weighted by molar-refractivity contribution is 0.0940. The van der Waals surface area contributed by atoms with Crippen molar-refractivity contribution >= 4 is 11.6 Å². The van der Waals surface area contributed by atoms with Gasteiger partial charge in [0.05, 0.1) is 11.9 Å². The van der Waals surface area contributed by atoms with Crippen LogP contribution in [-0.2, 0) is 7.05 Å². The minimum atomic E-state index is -0.170. The number of nitrogens with one attached hydrogen (secondary N) is 1. The van der Waals surface area contributed by atoms with Gasteiger partial charge in [-0.25, -0.2) is 0 Å². The normalized spacial score (nSPS) is 10.6. The minimum Gasteiger partial charge on any atom is -0.396 e. The van der Waals surface area contributed by atoms with Gasteiger partial charge >= 0.3 is 0 Å². The molecule has 0 aliphatic carbocycles.